The molecule has 0 bridgehead atoms. The van der Waals surface area contributed by atoms with Crippen molar-refractivity contribution in [3.05, 3.63) is 159 Å². The monoisotopic (exact) mass is 716 g/mol. The molecule has 0 fully saturated rings. The van der Waals surface area contributed by atoms with Crippen LogP contribution < -0.4 is 24.8 Å². The van der Waals surface area contributed by atoms with Crippen LogP contribution in [0.3, 0.4) is 0 Å². The van der Waals surface area contributed by atoms with Gasteiger partial charge in [0.2, 0.25) is 0 Å². The molecule has 1 aliphatic carbocycles. The van der Waals surface area contributed by atoms with Gasteiger partial charge in [0.15, 0.2) is 0 Å². The van der Waals surface area contributed by atoms with Gasteiger partial charge in [0.25, 0.3) is 0 Å². The summed E-state index contributed by atoms with van der Waals surface area (Å²) in [6.07, 6.45) is 1.03. The predicted molar refractivity (Wildman–Crippen MR) is 179 cm³/mol. The fourth-order valence-corrected chi connectivity index (χ4v) is 5.80. The van der Waals surface area contributed by atoms with Crippen LogP contribution in [-0.4, -0.2) is 3.21 Å². The Morgan fingerprint density at radius 2 is 1.27 bits per heavy atom. The number of rotatable bonds is 2. The molecule has 0 saturated carbocycles. The molecule has 6 rings (SSSR count). The van der Waals surface area contributed by atoms with Gasteiger partial charge in [-0.3, -0.25) is 0 Å². The molecule has 0 amide bonds. The van der Waals surface area contributed by atoms with E-state index in [-0.39, 0.29) is 35.6 Å². The van der Waals surface area contributed by atoms with Gasteiger partial charge in [0.1, 0.15) is 0 Å². The molecule has 228 valence electrons. The van der Waals surface area contributed by atoms with Crippen molar-refractivity contribution >= 4 is 14.8 Å². The molecular formula is C40H41Cl3Zr-2. The van der Waals surface area contributed by atoms with Crippen molar-refractivity contribution in [3.63, 3.8) is 0 Å². The average molecular weight is 719 g/mol. The minimum absolute atomic E-state index is 0. The molecule has 0 radical (unpaired) electrons. The molecule has 0 heterocycles. The Kier molecular flexibility index (Phi) is 14.2. The van der Waals surface area contributed by atoms with E-state index in [1.54, 1.807) is 0 Å². The maximum atomic E-state index is 5.88. The largest absolute Gasteiger partial charge is 1.00 e. The van der Waals surface area contributed by atoms with Gasteiger partial charge in [-0.05, 0) is 28.4 Å². The van der Waals surface area contributed by atoms with Crippen molar-refractivity contribution in [1.82, 2.24) is 0 Å². The third kappa shape index (κ3) is 10.2. The van der Waals surface area contributed by atoms with E-state index in [2.05, 4.69) is 121 Å². The zero-order valence-corrected chi connectivity index (χ0v) is 31.5. The Hall–Kier alpha value is -2.15. The molecule has 0 atom stereocenters. The zero-order chi connectivity index (χ0) is 30.5. The van der Waals surface area contributed by atoms with E-state index in [9.17, 15) is 0 Å². The summed E-state index contributed by atoms with van der Waals surface area (Å²) in [6.45, 7) is 15.7. The van der Waals surface area contributed by atoms with E-state index in [0.29, 0.717) is 0 Å². The first-order chi connectivity index (χ1) is 19.8. The molecule has 0 spiro atoms. The summed E-state index contributed by atoms with van der Waals surface area (Å²) in [5.74, 6) is 0. The minimum atomic E-state index is 0. The van der Waals surface area contributed by atoms with Crippen molar-refractivity contribution in [1.29, 1.82) is 0 Å². The number of hydrogen-bond donors (Lipinski definition) is 0. The smallest absolute Gasteiger partial charge is 0.172 e. The second-order valence-electron chi connectivity index (χ2n) is 13.0. The van der Waals surface area contributed by atoms with E-state index in [4.69, 9.17) is 11.6 Å². The van der Waals surface area contributed by atoms with Crippen molar-refractivity contribution in [2.45, 2.75) is 65.7 Å². The standard InChI is InChI=1S/C21H25.C14H11Cl.C5H5.2ClH.Zr/c1-20(2,3)16-7-9-18-14(12-16)11-15-13-17(21(4,5)6)8-10-19(15)18;1-11-2-4-12(5-3-11)10-13-6-8-14(15)9-7-13;1-2-4-5-3-1;;;/h7-10,12H,11H2,1-6H3;2-9H,1H3;1-5H;2*1H;/q-1;;-1;;;+2/p-2. The van der Waals surface area contributed by atoms with E-state index >= 15 is 0 Å². The molecular weight excluding hydrogens is 678 g/mol. The number of hydrogen-bond acceptors (Lipinski definition) is 0. The van der Waals surface area contributed by atoms with Crippen molar-refractivity contribution in [2.24, 2.45) is 0 Å². The van der Waals surface area contributed by atoms with Gasteiger partial charge in [0.05, 0.1) is 0 Å². The van der Waals surface area contributed by atoms with Gasteiger partial charge in [-0.25, -0.2) is 12.1 Å². The molecule has 0 nitrogen and oxygen atoms in total. The quantitative estimate of drug-likeness (QED) is 0.225. The first-order valence-corrected chi connectivity index (χ1v) is 16.2. The van der Waals surface area contributed by atoms with Gasteiger partial charge < -0.3 is 24.8 Å². The summed E-state index contributed by atoms with van der Waals surface area (Å²) in [5, 5.41) is 0.788. The van der Waals surface area contributed by atoms with Crippen molar-refractivity contribution in [3.8, 4) is 11.1 Å². The molecule has 5 aromatic carbocycles. The fourth-order valence-electron chi connectivity index (χ4n) is 4.85. The van der Waals surface area contributed by atoms with Crippen LogP contribution in [0, 0.1) is 13.0 Å². The van der Waals surface area contributed by atoms with Crippen molar-refractivity contribution < 1.29 is 49.0 Å². The molecule has 5 aromatic rings. The Labute approximate surface area is 297 Å². The summed E-state index contributed by atoms with van der Waals surface area (Å²) in [4.78, 5) is 0. The molecule has 0 aromatic heterocycles. The van der Waals surface area contributed by atoms with Crippen LogP contribution in [0.1, 0.15) is 80.5 Å². The minimum Gasteiger partial charge on any atom is -1.00 e. The first-order valence-electron chi connectivity index (χ1n) is 14.6. The molecule has 0 N–H and O–H groups in total. The van der Waals surface area contributed by atoms with Gasteiger partial charge >= 0.3 is 116 Å². The summed E-state index contributed by atoms with van der Waals surface area (Å²) in [6, 6.07) is 41.8. The van der Waals surface area contributed by atoms with Crippen LogP contribution in [0.5, 0.6) is 0 Å². The van der Waals surface area contributed by atoms with Crippen LogP contribution in [0.15, 0.2) is 109 Å². The third-order valence-corrected chi connectivity index (χ3v) is 9.16. The summed E-state index contributed by atoms with van der Waals surface area (Å²) >= 11 is 7.30. The van der Waals surface area contributed by atoms with Gasteiger partial charge in [-0.1, -0.05) is 65.3 Å². The predicted octanol–water partition coefficient (Wildman–Crippen LogP) is 4.83. The van der Waals surface area contributed by atoms with E-state index in [1.807, 2.05) is 42.5 Å². The van der Waals surface area contributed by atoms with Crippen LogP contribution in [0.4, 0.5) is 0 Å². The van der Waals surface area contributed by atoms with Gasteiger partial charge in [-0.2, -0.15) is 42.0 Å². The second-order valence-corrected chi connectivity index (χ2v) is 14.7. The normalized spacial score (nSPS) is 11.3. The number of aryl methyl sites for hydroxylation is 1. The van der Waals surface area contributed by atoms with E-state index in [0.717, 1.165) is 11.4 Å². The topological polar surface area (TPSA) is 0 Å². The Balaban J connectivity index is 0.000000260. The van der Waals surface area contributed by atoms with Crippen LogP contribution in [0.25, 0.3) is 11.1 Å². The summed E-state index contributed by atoms with van der Waals surface area (Å²) in [7, 11) is 0. The van der Waals surface area contributed by atoms with Gasteiger partial charge in [-0.15, -0.1) is 11.1 Å². The average Bonchev–Trinajstić information content (AvgIpc) is 3.64. The maximum absolute atomic E-state index is 5.88. The zero-order valence-electron chi connectivity index (χ0n) is 26.7. The molecule has 44 heavy (non-hydrogen) atoms. The van der Waals surface area contributed by atoms with E-state index in [1.165, 1.54) is 77.5 Å². The van der Waals surface area contributed by atoms with E-state index < -0.39 is 0 Å². The molecule has 0 aliphatic heterocycles. The van der Waals surface area contributed by atoms with Crippen LogP contribution in [0.2, 0.25) is 5.02 Å². The number of fused-ring (bicyclic) bond motifs is 3. The first kappa shape index (κ1) is 38.0. The molecule has 4 heteroatoms. The SMILES string of the molecule is CC(C)(C)c1[c-]c2c(cc1)-c1ccc(C(C)(C)C)cc1C2.Cc1ccc([C](=[Zr+2])c2ccc(Cl)cc2)cc1.[Cl-].[Cl-].c1cc[cH-]c1. The fraction of sp³-hybridized carbons (Fsp3) is 0.250. The number of halogens is 3. The third-order valence-electron chi connectivity index (χ3n) is 7.49. The van der Waals surface area contributed by atoms with Gasteiger partial charge in [0, 0.05) is 0 Å². The summed E-state index contributed by atoms with van der Waals surface area (Å²) < 4.78 is 1.36. The Morgan fingerprint density at radius 3 is 1.77 bits per heavy atom. The van der Waals surface area contributed by atoms with Crippen LogP contribution in [-0.2, 0) is 41.5 Å². The van der Waals surface area contributed by atoms with Crippen molar-refractivity contribution in [2.75, 3.05) is 0 Å². The maximum Gasteiger partial charge on any atom is -0.172 e. The Morgan fingerprint density at radius 1 is 0.727 bits per heavy atom. The van der Waals surface area contributed by atoms with Crippen LogP contribution >= 0.6 is 11.6 Å². The summed E-state index contributed by atoms with van der Waals surface area (Å²) in [5.41, 5.74) is 12.6. The molecule has 0 unspecified atom stereocenters. The molecule has 1 aliphatic rings. The molecule has 0 saturated heterocycles. The Bertz CT molecular complexity index is 1490. The second kappa shape index (κ2) is 16.4. The number of benzene rings is 4.